The second-order valence-electron chi connectivity index (χ2n) is 5.51. The minimum absolute atomic E-state index is 0.0216. The highest BCUT2D eigenvalue weighted by Crippen LogP contribution is 2.23. The summed E-state index contributed by atoms with van der Waals surface area (Å²) in [5, 5.41) is 3.11. The van der Waals surface area contributed by atoms with Gasteiger partial charge >= 0.3 is 0 Å². The summed E-state index contributed by atoms with van der Waals surface area (Å²) in [5.74, 6) is 0.255. The lowest BCUT2D eigenvalue weighted by molar-refractivity contribution is -0.134. The minimum Gasteiger partial charge on any atom is -0.341 e. The average molecular weight is 227 g/mol. The van der Waals surface area contributed by atoms with Crippen molar-refractivity contribution in [1.29, 1.82) is 0 Å². The molecule has 1 heterocycles. The molecule has 0 radical (unpaired) electrons. The molecule has 1 fully saturated rings. The Morgan fingerprint density at radius 2 is 2.06 bits per heavy atom. The van der Waals surface area contributed by atoms with E-state index in [1.165, 1.54) is 0 Å². The Kier molecular flexibility index (Phi) is 4.33. The number of likely N-dealkylation sites (N-methyl/N-ethyl adjacent to an activating group) is 3. The maximum Gasteiger partial charge on any atom is 0.241 e. The van der Waals surface area contributed by atoms with Crippen molar-refractivity contribution in [1.82, 2.24) is 15.1 Å². The van der Waals surface area contributed by atoms with E-state index in [9.17, 15) is 4.79 Å². The zero-order valence-electron chi connectivity index (χ0n) is 11.2. The molecule has 1 rings (SSSR count). The molecule has 1 N–H and O–H groups in total. The van der Waals surface area contributed by atoms with E-state index in [2.05, 4.69) is 31.0 Å². The largest absolute Gasteiger partial charge is 0.341 e. The molecule has 1 aliphatic rings. The van der Waals surface area contributed by atoms with Gasteiger partial charge in [-0.15, -0.1) is 0 Å². The fourth-order valence-corrected chi connectivity index (χ4v) is 2.53. The monoisotopic (exact) mass is 227 g/mol. The molecule has 1 aliphatic heterocycles. The van der Waals surface area contributed by atoms with E-state index in [1.807, 2.05) is 19.0 Å². The summed E-state index contributed by atoms with van der Waals surface area (Å²) in [6.45, 7) is 9.84. The average Bonchev–Trinajstić information content (AvgIpc) is 2.27. The van der Waals surface area contributed by atoms with Crippen LogP contribution in [0.3, 0.4) is 0 Å². The van der Waals surface area contributed by atoms with Gasteiger partial charge in [0.1, 0.15) is 6.04 Å². The summed E-state index contributed by atoms with van der Waals surface area (Å²) in [6, 6.07) is -0.0216. The molecular formula is C12H25N3O. The zero-order valence-corrected chi connectivity index (χ0v) is 11.2. The van der Waals surface area contributed by atoms with Crippen LogP contribution in [0.1, 0.15) is 20.8 Å². The van der Waals surface area contributed by atoms with Crippen molar-refractivity contribution < 1.29 is 4.79 Å². The van der Waals surface area contributed by atoms with Crippen LogP contribution in [0, 0.1) is 5.41 Å². The third kappa shape index (κ3) is 2.95. The Morgan fingerprint density at radius 1 is 1.44 bits per heavy atom. The normalized spacial score (nSPS) is 26.9. The third-order valence-corrected chi connectivity index (χ3v) is 3.20. The Morgan fingerprint density at radius 3 is 2.56 bits per heavy atom. The predicted octanol–water partition coefficient (Wildman–Crippen LogP) is 0.395. The van der Waals surface area contributed by atoms with Crippen LogP contribution in [-0.4, -0.2) is 62.0 Å². The Labute approximate surface area is 99.0 Å². The van der Waals surface area contributed by atoms with E-state index < -0.39 is 0 Å². The first-order valence-electron chi connectivity index (χ1n) is 6.05. The van der Waals surface area contributed by atoms with Gasteiger partial charge in [0.2, 0.25) is 5.91 Å². The molecule has 1 unspecified atom stereocenters. The summed E-state index contributed by atoms with van der Waals surface area (Å²) in [5.41, 5.74) is 0.170. The molecule has 0 saturated carbocycles. The summed E-state index contributed by atoms with van der Waals surface area (Å²) in [6.07, 6.45) is 0. The summed E-state index contributed by atoms with van der Waals surface area (Å²) in [7, 11) is 3.94. The summed E-state index contributed by atoms with van der Waals surface area (Å²) >= 11 is 0. The number of carbonyl (C=O) groups excluding carboxylic acids is 1. The van der Waals surface area contributed by atoms with Crippen molar-refractivity contribution in [3.05, 3.63) is 0 Å². The van der Waals surface area contributed by atoms with Crippen LogP contribution < -0.4 is 5.32 Å². The molecule has 0 aliphatic carbocycles. The quantitative estimate of drug-likeness (QED) is 0.758. The maximum atomic E-state index is 12.3. The van der Waals surface area contributed by atoms with Gasteiger partial charge in [-0.2, -0.15) is 0 Å². The number of nitrogens with zero attached hydrogens (tertiary/aromatic N) is 2. The minimum atomic E-state index is -0.0216. The van der Waals surface area contributed by atoms with Gasteiger partial charge in [-0.3, -0.25) is 9.69 Å². The standard InChI is InChI=1S/C12H25N3O/c1-6-15-9-12(2,3)8-14(5)10(7-13-4)11(15)16/h10,13H,6-9H2,1-5H3. The van der Waals surface area contributed by atoms with Gasteiger partial charge in [-0.1, -0.05) is 13.8 Å². The number of nitrogens with one attached hydrogen (secondary N) is 1. The molecule has 0 aromatic rings. The zero-order chi connectivity index (χ0) is 12.3. The lowest BCUT2D eigenvalue weighted by Gasteiger charge is -2.29. The molecule has 0 bridgehead atoms. The van der Waals surface area contributed by atoms with Crippen molar-refractivity contribution in [2.24, 2.45) is 5.41 Å². The van der Waals surface area contributed by atoms with Crippen molar-refractivity contribution in [2.45, 2.75) is 26.8 Å². The lowest BCUT2D eigenvalue weighted by Crippen LogP contribution is -2.49. The van der Waals surface area contributed by atoms with Crippen LogP contribution in [0.2, 0.25) is 0 Å². The van der Waals surface area contributed by atoms with E-state index in [4.69, 9.17) is 0 Å². The number of carbonyl (C=O) groups is 1. The summed E-state index contributed by atoms with van der Waals surface area (Å²) in [4.78, 5) is 16.5. The first-order chi connectivity index (χ1) is 7.41. The second kappa shape index (κ2) is 5.15. The predicted molar refractivity (Wildman–Crippen MR) is 66.4 cm³/mol. The van der Waals surface area contributed by atoms with Crippen molar-refractivity contribution >= 4 is 5.91 Å². The molecule has 1 saturated heterocycles. The number of hydrogen-bond donors (Lipinski definition) is 1. The Hall–Kier alpha value is -0.610. The van der Waals surface area contributed by atoms with E-state index in [0.29, 0.717) is 0 Å². The topological polar surface area (TPSA) is 35.6 Å². The van der Waals surface area contributed by atoms with E-state index >= 15 is 0 Å². The number of amides is 1. The van der Waals surface area contributed by atoms with Gasteiger partial charge in [-0.05, 0) is 26.4 Å². The molecule has 0 spiro atoms. The highest BCUT2D eigenvalue weighted by atomic mass is 16.2. The molecule has 94 valence electrons. The molecule has 4 heteroatoms. The van der Waals surface area contributed by atoms with Gasteiger partial charge in [0.25, 0.3) is 0 Å². The van der Waals surface area contributed by atoms with Crippen molar-refractivity contribution in [2.75, 3.05) is 40.3 Å². The van der Waals surface area contributed by atoms with Crippen LogP contribution in [0.4, 0.5) is 0 Å². The van der Waals surface area contributed by atoms with Crippen LogP contribution in [-0.2, 0) is 4.79 Å². The molecule has 1 atom stereocenters. The first-order valence-corrected chi connectivity index (χ1v) is 6.05. The van der Waals surface area contributed by atoms with E-state index in [1.54, 1.807) is 0 Å². The van der Waals surface area contributed by atoms with Crippen molar-refractivity contribution in [3.63, 3.8) is 0 Å². The Bertz CT molecular complexity index is 253. The molecular weight excluding hydrogens is 202 g/mol. The fourth-order valence-electron chi connectivity index (χ4n) is 2.53. The smallest absolute Gasteiger partial charge is 0.241 e. The maximum absolute atomic E-state index is 12.3. The number of hydrogen-bond acceptors (Lipinski definition) is 3. The highest BCUT2D eigenvalue weighted by Gasteiger charge is 2.36. The molecule has 0 aromatic carbocycles. The van der Waals surface area contributed by atoms with Crippen LogP contribution >= 0.6 is 0 Å². The molecule has 1 amide bonds. The first kappa shape index (κ1) is 13.5. The van der Waals surface area contributed by atoms with Crippen LogP contribution in [0.25, 0.3) is 0 Å². The highest BCUT2D eigenvalue weighted by molar-refractivity contribution is 5.82. The third-order valence-electron chi connectivity index (χ3n) is 3.20. The lowest BCUT2D eigenvalue weighted by atomic mass is 9.93. The second-order valence-corrected chi connectivity index (χ2v) is 5.51. The summed E-state index contributed by atoms with van der Waals surface area (Å²) < 4.78 is 0. The molecule has 16 heavy (non-hydrogen) atoms. The van der Waals surface area contributed by atoms with Crippen LogP contribution in [0.5, 0.6) is 0 Å². The Balaban J connectivity index is 2.90. The molecule has 4 nitrogen and oxygen atoms in total. The van der Waals surface area contributed by atoms with Gasteiger partial charge < -0.3 is 10.2 Å². The van der Waals surface area contributed by atoms with Gasteiger partial charge in [0.15, 0.2) is 0 Å². The van der Waals surface area contributed by atoms with Gasteiger partial charge in [0, 0.05) is 26.2 Å². The van der Waals surface area contributed by atoms with Crippen LogP contribution in [0.15, 0.2) is 0 Å². The fraction of sp³-hybridized carbons (Fsp3) is 0.917. The van der Waals surface area contributed by atoms with Crippen molar-refractivity contribution in [3.8, 4) is 0 Å². The van der Waals surface area contributed by atoms with E-state index in [-0.39, 0.29) is 17.4 Å². The van der Waals surface area contributed by atoms with Gasteiger partial charge in [-0.25, -0.2) is 0 Å². The number of rotatable bonds is 3. The SMILES string of the molecule is CCN1CC(C)(C)CN(C)C(CNC)C1=O. The molecule has 0 aromatic heterocycles. The van der Waals surface area contributed by atoms with Gasteiger partial charge in [0.05, 0.1) is 0 Å². The van der Waals surface area contributed by atoms with E-state index in [0.717, 1.165) is 26.2 Å².